The molecule has 0 spiro atoms. The Bertz CT molecular complexity index is 463. The van der Waals surface area contributed by atoms with Crippen LogP contribution in [-0.4, -0.2) is 17.8 Å². The van der Waals surface area contributed by atoms with Crippen molar-refractivity contribution in [3.63, 3.8) is 0 Å². The smallest absolute Gasteiger partial charge is 0.254 e. The van der Waals surface area contributed by atoms with Gasteiger partial charge in [-0.3, -0.25) is 4.79 Å². The lowest BCUT2D eigenvalue weighted by atomic mass is 9.89. The van der Waals surface area contributed by atoms with Crippen molar-refractivity contribution in [3.8, 4) is 0 Å². The molecule has 2 rings (SSSR count). The van der Waals surface area contributed by atoms with E-state index in [2.05, 4.69) is 5.32 Å². The van der Waals surface area contributed by atoms with E-state index in [1.165, 1.54) is 6.07 Å². The Kier molecular flexibility index (Phi) is 4.81. The quantitative estimate of drug-likeness (QED) is 0.843. The van der Waals surface area contributed by atoms with Crippen molar-refractivity contribution in [2.45, 2.75) is 38.0 Å². The van der Waals surface area contributed by atoms with Gasteiger partial charge in [-0.05, 0) is 44.2 Å². The maximum absolute atomic E-state index is 13.6. The predicted molar refractivity (Wildman–Crippen MR) is 75.1 cm³/mol. The SMILES string of the molecule is Cc1ccc(F)c(C(=O)NCC2CCCC(Cl)C2)c1. The first-order valence-electron chi connectivity index (χ1n) is 6.74. The molecule has 2 unspecified atom stereocenters. The highest BCUT2D eigenvalue weighted by Gasteiger charge is 2.21. The van der Waals surface area contributed by atoms with Crippen LogP contribution in [0.5, 0.6) is 0 Å². The Labute approximate surface area is 118 Å². The Morgan fingerprint density at radius 3 is 3.00 bits per heavy atom. The standard InChI is InChI=1S/C15H19ClFNO/c1-10-5-6-14(17)13(7-10)15(19)18-9-11-3-2-4-12(16)8-11/h5-7,11-12H,2-4,8-9H2,1H3,(H,18,19). The lowest BCUT2D eigenvalue weighted by Gasteiger charge is -2.25. The first-order chi connectivity index (χ1) is 9.06. The molecule has 1 saturated carbocycles. The van der Waals surface area contributed by atoms with Crippen LogP contribution in [0.15, 0.2) is 18.2 Å². The van der Waals surface area contributed by atoms with E-state index >= 15 is 0 Å². The van der Waals surface area contributed by atoms with Crippen molar-refractivity contribution in [3.05, 3.63) is 35.1 Å². The average Bonchev–Trinajstić information content (AvgIpc) is 2.39. The number of carbonyl (C=O) groups is 1. The molecule has 1 amide bonds. The second-order valence-electron chi connectivity index (χ2n) is 5.32. The molecule has 2 atom stereocenters. The van der Waals surface area contributed by atoms with Crippen molar-refractivity contribution in [1.29, 1.82) is 0 Å². The van der Waals surface area contributed by atoms with Gasteiger partial charge in [0.1, 0.15) is 5.82 Å². The van der Waals surface area contributed by atoms with E-state index in [0.717, 1.165) is 31.2 Å². The summed E-state index contributed by atoms with van der Waals surface area (Å²) >= 11 is 6.12. The summed E-state index contributed by atoms with van der Waals surface area (Å²) in [5.74, 6) is -0.395. The van der Waals surface area contributed by atoms with Gasteiger partial charge < -0.3 is 5.32 Å². The highest BCUT2D eigenvalue weighted by atomic mass is 35.5. The average molecular weight is 284 g/mol. The van der Waals surface area contributed by atoms with Gasteiger partial charge >= 0.3 is 0 Å². The van der Waals surface area contributed by atoms with Crippen LogP contribution in [0, 0.1) is 18.7 Å². The fourth-order valence-electron chi connectivity index (χ4n) is 2.56. The van der Waals surface area contributed by atoms with Crippen LogP contribution in [0.25, 0.3) is 0 Å². The summed E-state index contributed by atoms with van der Waals surface area (Å²) in [6.07, 6.45) is 4.17. The number of rotatable bonds is 3. The maximum atomic E-state index is 13.6. The molecule has 1 N–H and O–H groups in total. The lowest BCUT2D eigenvalue weighted by Crippen LogP contribution is -2.32. The number of alkyl halides is 1. The predicted octanol–water partition coefficient (Wildman–Crippen LogP) is 3.66. The van der Waals surface area contributed by atoms with Crippen LogP contribution in [0.1, 0.15) is 41.6 Å². The third-order valence-corrected chi connectivity index (χ3v) is 4.03. The van der Waals surface area contributed by atoms with Gasteiger partial charge in [0.25, 0.3) is 5.91 Å². The molecule has 2 nitrogen and oxygen atoms in total. The van der Waals surface area contributed by atoms with E-state index in [4.69, 9.17) is 11.6 Å². The molecule has 1 aromatic rings. The van der Waals surface area contributed by atoms with Crippen molar-refractivity contribution in [2.75, 3.05) is 6.54 Å². The van der Waals surface area contributed by atoms with E-state index in [1.807, 2.05) is 6.92 Å². The second-order valence-corrected chi connectivity index (χ2v) is 5.94. The van der Waals surface area contributed by atoms with Crippen LogP contribution in [0.3, 0.4) is 0 Å². The second kappa shape index (κ2) is 6.38. The van der Waals surface area contributed by atoms with Gasteiger partial charge in [0.05, 0.1) is 5.56 Å². The molecular weight excluding hydrogens is 265 g/mol. The van der Waals surface area contributed by atoms with E-state index in [1.54, 1.807) is 12.1 Å². The van der Waals surface area contributed by atoms with Crippen molar-refractivity contribution in [1.82, 2.24) is 5.32 Å². The van der Waals surface area contributed by atoms with Crippen LogP contribution in [0.4, 0.5) is 4.39 Å². The van der Waals surface area contributed by atoms with E-state index in [0.29, 0.717) is 12.5 Å². The molecule has 1 aliphatic carbocycles. The third-order valence-electron chi connectivity index (χ3n) is 3.64. The number of carbonyl (C=O) groups excluding carboxylic acids is 1. The third kappa shape index (κ3) is 3.93. The monoisotopic (exact) mass is 283 g/mol. The lowest BCUT2D eigenvalue weighted by molar-refractivity contribution is 0.0939. The first-order valence-corrected chi connectivity index (χ1v) is 7.18. The molecule has 104 valence electrons. The number of benzene rings is 1. The minimum Gasteiger partial charge on any atom is -0.352 e. The summed E-state index contributed by atoms with van der Waals surface area (Å²) in [5, 5.41) is 3.03. The highest BCUT2D eigenvalue weighted by Crippen LogP contribution is 2.27. The normalized spacial score (nSPS) is 23.1. The molecule has 0 heterocycles. The Morgan fingerprint density at radius 2 is 2.26 bits per heavy atom. The summed E-state index contributed by atoms with van der Waals surface area (Å²) in [6.45, 7) is 2.42. The van der Waals surface area contributed by atoms with Gasteiger partial charge in [0, 0.05) is 11.9 Å². The number of hydrogen-bond donors (Lipinski definition) is 1. The number of amides is 1. The Morgan fingerprint density at radius 1 is 1.47 bits per heavy atom. The maximum Gasteiger partial charge on any atom is 0.254 e. The number of halogens is 2. The molecule has 0 bridgehead atoms. The minimum absolute atomic E-state index is 0.123. The fraction of sp³-hybridized carbons (Fsp3) is 0.533. The molecule has 1 fully saturated rings. The van der Waals surface area contributed by atoms with E-state index in [9.17, 15) is 9.18 Å². The van der Waals surface area contributed by atoms with Crippen LogP contribution >= 0.6 is 11.6 Å². The topological polar surface area (TPSA) is 29.1 Å². The zero-order valence-electron chi connectivity index (χ0n) is 11.1. The van der Waals surface area contributed by atoms with Gasteiger partial charge in [0.2, 0.25) is 0 Å². The Balaban J connectivity index is 1.92. The van der Waals surface area contributed by atoms with Crippen LogP contribution in [-0.2, 0) is 0 Å². The van der Waals surface area contributed by atoms with Gasteiger partial charge in [-0.2, -0.15) is 0 Å². The highest BCUT2D eigenvalue weighted by molar-refractivity contribution is 6.20. The summed E-state index contributed by atoms with van der Waals surface area (Å²) in [5.41, 5.74) is 1.00. The Hall–Kier alpha value is -1.09. The van der Waals surface area contributed by atoms with E-state index < -0.39 is 5.82 Å². The molecule has 1 aliphatic rings. The van der Waals surface area contributed by atoms with Crippen molar-refractivity contribution < 1.29 is 9.18 Å². The molecule has 19 heavy (non-hydrogen) atoms. The van der Waals surface area contributed by atoms with Gasteiger partial charge in [0.15, 0.2) is 0 Å². The zero-order valence-corrected chi connectivity index (χ0v) is 11.8. The van der Waals surface area contributed by atoms with Gasteiger partial charge in [-0.1, -0.05) is 18.1 Å². The van der Waals surface area contributed by atoms with Gasteiger partial charge in [-0.25, -0.2) is 4.39 Å². The fourth-order valence-corrected chi connectivity index (χ4v) is 2.96. The summed E-state index contributed by atoms with van der Waals surface area (Å²) in [6, 6.07) is 4.57. The molecular formula is C15H19ClFNO. The zero-order chi connectivity index (χ0) is 13.8. The molecule has 0 aliphatic heterocycles. The van der Waals surface area contributed by atoms with Crippen molar-refractivity contribution >= 4 is 17.5 Å². The molecule has 0 saturated heterocycles. The van der Waals surface area contributed by atoms with Gasteiger partial charge in [-0.15, -0.1) is 11.6 Å². The number of hydrogen-bond acceptors (Lipinski definition) is 1. The summed E-state index contributed by atoms with van der Waals surface area (Å²) < 4.78 is 13.6. The molecule has 0 radical (unpaired) electrons. The summed E-state index contributed by atoms with van der Waals surface area (Å²) in [7, 11) is 0. The van der Waals surface area contributed by atoms with Crippen molar-refractivity contribution in [2.24, 2.45) is 5.92 Å². The molecule has 4 heteroatoms. The molecule has 1 aromatic carbocycles. The van der Waals surface area contributed by atoms with Crippen LogP contribution in [0.2, 0.25) is 0 Å². The number of aryl methyl sites for hydroxylation is 1. The summed E-state index contributed by atoms with van der Waals surface area (Å²) in [4.78, 5) is 12.0. The molecule has 0 aromatic heterocycles. The number of nitrogens with one attached hydrogen (secondary N) is 1. The largest absolute Gasteiger partial charge is 0.352 e. The van der Waals surface area contributed by atoms with E-state index in [-0.39, 0.29) is 16.8 Å². The minimum atomic E-state index is -0.470. The van der Waals surface area contributed by atoms with Crippen LogP contribution < -0.4 is 5.32 Å². The first kappa shape index (κ1) is 14.3.